The van der Waals surface area contributed by atoms with E-state index in [9.17, 15) is 12.8 Å². The first-order valence-corrected chi connectivity index (χ1v) is 9.45. The molecule has 0 aliphatic carbocycles. The SMILES string of the molecule is CCN(CC)S(=O)(=O)c1ccc(CNCc2ccc(F)cc2)cc1. The smallest absolute Gasteiger partial charge is 0.243 e. The van der Waals surface area contributed by atoms with Gasteiger partial charge in [0.25, 0.3) is 0 Å². The molecule has 0 bridgehead atoms. The first-order chi connectivity index (χ1) is 11.5. The third-order valence-electron chi connectivity index (χ3n) is 3.84. The molecule has 2 rings (SSSR count). The van der Waals surface area contributed by atoms with Crippen LogP contribution in [0.2, 0.25) is 0 Å². The van der Waals surface area contributed by atoms with Crippen molar-refractivity contribution in [2.75, 3.05) is 13.1 Å². The third kappa shape index (κ3) is 4.63. The molecule has 0 saturated heterocycles. The van der Waals surface area contributed by atoms with E-state index in [2.05, 4.69) is 5.32 Å². The molecule has 0 heterocycles. The monoisotopic (exact) mass is 350 g/mol. The second kappa shape index (κ2) is 8.37. The fraction of sp³-hybridized carbons (Fsp3) is 0.333. The molecule has 0 spiro atoms. The van der Waals surface area contributed by atoms with Crippen LogP contribution in [0.1, 0.15) is 25.0 Å². The first kappa shape index (κ1) is 18.6. The molecule has 4 nitrogen and oxygen atoms in total. The summed E-state index contributed by atoms with van der Waals surface area (Å²) in [5.41, 5.74) is 1.99. The van der Waals surface area contributed by atoms with E-state index in [1.807, 2.05) is 26.0 Å². The summed E-state index contributed by atoms with van der Waals surface area (Å²) in [7, 11) is -3.41. The highest BCUT2D eigenvalue weighted by Crippen LogP contribution is 2.16. The van der Waals surface area contributed by atoms with Gasteiger partial charge < -0.3 is 5.32 Å². The molecule has 6 heteroatoms. The van der Waals surface area contributed by atoms with Gasteiger partial charge in [-0.05, 0) is 35.4 Å². The van der Waals surface area contributed by atoms with Gasteiger partial charge in [-0.15, -0.1) is 0 Å². The van der Waals surface area contributed by atoms with Crippen LogP contribution in [0.15, 0.2) is 53.4 Å². The topological polar surface area (TPSA) is 49.4 Å². The summed E-state index contributed by atoms with van der Waals surface area (Å²) >= 11 is 0. The predicted molar refractivity (Wildman–Crippen MR) is 93.5 cm³/mol. The van der Waals surface area contributed by atoms with E-state index in [0.29, 0.717) is 31.1 Å². The van der Waals surface area contributed by atoms with Gasteiger partial charge in [-0.1, -0.05) is 38.1 Å². The number of nitrogens with one attached hydrogen (secondary N) is 1. The van der Waals surface area contributed by atoms with Gasteiger partial charge in [0.05, 0.1) is 4.90 Å². The van der Waals surface area contributed by atoms with E-state index in [-0.39, 0.29) is 5.82 Å². The molecule has 0 saturated carbocycles. The lowest BCUT2D eigenvalue weighted by Crippen LogP contribution is -2.30. The van der Waals surface area contributed by atoms with E-state index >= 15 is 0 Å². The number of hydrogen-bond acceptors (Lipinski definition) is 3. The molecule has 1 N–H and O–H groups in total. The number of nitrogens with zero attached hydrogens (tertiary/aromatic N) is 1. The Morgan fingerprint density at radius 1 is 0.875 bits per heavy atom. The van der Waals surface area contributed by atoms with E-state index < -0.39 is 10.0 Å². The van der Waals surface area contributed by atoms with Gasteiger partial charge in [0.2, 0.25) is 10.0 Å². The van der Waals surface area contributed by atoms with Crippen LogP contribution in [0, 0.1) is 5.82 Å². The van der Waals surface area contributed by atoms with Crippen LogP contribution in [0.25, 0.3) is 0 Å². The van der Waals surface area contributed by atoms with Crippen LogP contribution in [-0.4, -0.2) is 25.8 Å². The molecule has 0 unspecified atom stereocenters. The zero-order chi connectivity index (χ0) is 17.6. The Morgan fingerprint density at radius 2 is 1.33 bits per heavy atom. The van der Waals surface area contributed by atoms with Gasteiger partial charge in [-0.3, -0.25) is 0 Å². The van der Waals surface area contributed by atoms with Crippen molar-refractivity contribution in [3.05, 3.63) is 65.5 Å². The van der Waals surface area contributed by atoms with Gasteiger partial charge in [0.15, 0.2) is 0 Å². The zero-order valence-corrected chi connectivity index (χ0v) is 14.8. The van der Waals surface area contributed by atoms with Crippen molar-refractivity contribution in [3.63, 3.8) is 0 Å². The Labute approximate surface area is 143 Å². The molecule has 0 aliphatic heterocycles. The second-order valence-electron chi connectivity index (χ2n) is 5.46. The molecule has 2 aromatic carbocycles. The largest absolute Gasteiger partial charge is 0.309 e. The highest BCUT2D eigenvalue weighted by molar-refractivity contribution is 7.89. The van der Waals surface area contributed by atoms with Crippen molar-refractivity contribution < 1.29 is 12.8 Å². The van der Waals surface area contributed by atoms with Crippen molar-refractivity contribution >= 4 is 10.0 Å². The van der Waals surface area contributed by atoms with Crippen molar-refractivity contribution in [1.29, 1.82) is 0 Å². The number of halogens is 1. The molecule has 0 aromatic heterocycles. The molecular formula is C18H23FN2O2S. The third-order valence-corrected chi connectivity index (χ3v) is 5.90. The number of sulfonamides is 1. The minimum absolute atomic E-state index is 0.247. The Bertz CT molecular complexity index is 740. The molecule has 130 valence electrons. The van der Waals surface area contributed by atoms with Gasteiger partial charge >= 0.3 is 0 Å². The van der Waals surface area contributed by atoms with Crippen LogP contribution >= 0.6 is 0 Å². The van der Waals surface area contributed by atoms with Crippen LogP contribution in [0.4, 0.5) is 4.39 Å². The van der Waals surface area contributed by atoms with Gasteiger partial charge in [0, 0.05) is 26.2 Å². The lowest BCUT2D eigenvalue weighted by molar-refractivity contribution is 0.445. The second-order valence-corrected chi connectivity index (χ2v) is 7.40. The summed E-state index contributed by atoms with van der Waals surface area (Å²) in [4.78, 5) is 0.313. The van der Waals surface area contributed by atoms with Gasteiger partial charge in [-0.2, -0.15) is 4.31 Å². The Kier molecular flexibility index (Phi) is 6.48. The average molecular weight is 350 g/mol. The molecule has 0 amide bonds. The minimum atomic E-state index is -3.41. The fourth-order valence-corrected chi connectivity index (χ4v) is 3.90. The lowest BCUT2D eigenvalue weighted by atomic mass is 10.2. The molecule has 0 radical (unpaired) electrons. The van der Waals surface area contributed by atoms with Crippen molar-refractivity contribution in [2.45, 2.75) is 31.8 Å². The quantitative estimate of drug-likeness (QED) is 0.796. The molecule has 0 fully saturated rings. The van der Waals surface area contributed by atoms with Gasteiger partial charge in [0.1, 0.15) is 5.82 Å². The Hall–Kier alpha value is -1.76. The number of hydrogen-bond donors (Lipinski definition) is 1. The summed E-state index contributed by atoms with van der Waals surface area (Å²) in [6.45, 7) is 5.81. The zero-order valence-electron chi connectivity index (χ0n) is 14.0. The summed E-state index contributed by atoms with van der Waals surface area (Å²) in [5.74, 6) is -0.247. The maximum atomic E-state index is 12.8. The summed E-state index contributed by atoms with van der Waals surface area (Å²) in [6.07, 6.45) is 0. The number of benzene rings is 2. The lowest BCUT2D eigenvalue weighted by Gasteiger charge is -2.18. The summed E-state index contributed by atoms with van der Waals surface area (Å²) in [5, 5.41) is 3.26. The first-order valence-electron chi connectivity index (χ1n) is 8.01. The van der Waals surface area contributed by atoms with Crippen LogP contribution in [0.5, 0.6) is 0 Å². The highest BCUT2D eigenvalue weighted by atomic mass is 32.2. The minimum Gasteiger partial charge on any atom is -0.309 e. The summed E-state index contributed by atoms with van der Waals surface area (Å²) < 4.78 is 39.1. The van der Waals surface area contributed by atoms with Crippen molar-refractivity contribution in [3.8, 4) is 0 Å². The van der Waals surface area contributed by atoms with Crippen molar-refractivity contribution in [1.82, 2.24) is 9.62 Å². The maximum Gasteiger partial charge on any atom is 0.243 e. The maximum absolute atomic E-state index is 12.8. The van der Waals surface area contributed by atoms with E-state index in [1.54, 1.807) is 24.3 Å². The predicted octanol–water partition coefficient (Wildman–Crippen LogP) is 3.15. The fourth-order valence-electron chi connectivity index (χ4n) is 2.45. The Morgan fingerprint density at radius 3 is 1.79 bits per heavy atom. The van der Waals surface area contributed by atoms with E-state index in [0.717, 1.165) is 11.1 Å². The standard InChI is InChI=1S/C18H23FN2O2S/c1-3-21(4-2)24(22,23)18-11-7-16(8-12-18)14-20-13-15-5-9-17(19)10-6-15/h5-12,20H,3-4,13-14H2,1-2H3. The molecule has 2 aromatic rings. The normalized spacial score (nSPS) is 11.8. The number of rotatable bonds is 8. The Balaban J connectivity index is 1.95. The van der Waals surface area contributed by atoms with Crippen LogP contribution in [-0.2, 0) is 23.1 Å². The van der Waals surface area contributed by atoms with Crippen molar-refractivity contribution in [2.24, 2.45) is 0 Å². The molecule has 24 heavy (non-hydrogen) atoms. The molecule has 0 atom stereocenters. The van der Waals surface area contributed by atoms with Crippen LogP contribution in [0.3, 0.4) is 0 Å². The molecular weight excluding hydrogens is 327 g/mol. The van der Waals surface area contributed by atoms with E-state index in [1.165, 1.54) is 16.4 Å². The molecule has 0 aliphatic rings. The van der Waals surface area contributed by atoms with Gasteiger partial charge in [-0.25, -0.2) is 12.8 Å². The van der Waals surface area contributed by atoms with Crippen LogP contribution < -0.4 is 5.32 Å². The summed E-state index contributed by atoms with van der Waals surface area (Å²) in [6, 6.07) is 13.3. The van der Waals surface area contributed by atoms with E-state index in [4.69, 9.17) is 0 Å². The highest BCUT2D eigenvalue weighted by Gasteiger charge is 2.20. The average Bonchev–Trinajstić information content (AvgIpc) is 2.58.